The maximum absolute atomic E-state index is 13.0. The molecule has 0 aliphatic carbocycles. The largest absolute Gasteiger partial charge is 0.224 e. The van der Waals surface area contributed by atoms with Gasteiger partial charge in [-0.05, 0) is 35.4 Å². The van der Waals surface area contributed by atoms with E-state index in [0.717, 1.165) is 11.1 Å². The highest BCUT2D eigenvalue weighted by Gasteiger charge is 2.03. The average Bonchev–Trinajstić information content (AvgIpc) is 2.16. The summed E-state index contributed by atoms with van der Waals surface area (Å²) in [5.74, 6) is -0.295. The Balaban J connectivity index is 2.54. The van der Waals surface area contributed by atoms with E-state index in [1.807, 2.05) is 0 Å². The van der Waals surface area contributed by atoms with Gasteiger partial charge in [0.05, 0.1) is 0 Å². The third-order valence-electron chi connectivity index (χ3n) is 1.92. The normalized spacial score (nSPS) is 10.3. The van der Waals surface area contributed by atoms with Crippen molar-refractivity contribution in [2.24, 2.45) is 0 Å². The van der Waals surface area contributed by atoms with Gasteiger partial charge in [-0.3, -0.25) is 0 Å². The summed E-state index contributed by atoms with van der Waals surface area (Å²) in [5, 5.41) is 0.587. The van der Waals surface area contributed by atoms with Crippen LogP contribution in [0.1, 0.15) is 0 Å². The van der Waals surface area contributed by atoms with Crippen LogP contribution in [0.5, 0.6) is 0 Å². The van der Waals surface area contributed by atoms with Gasteiger partial charge in [0.25, 0.3) is 0 Å². The minimum Gasteiger partial charge on any atom is -0.224 e. The molecule has 0 amide bonds. The average molecular weight is 242 g/mol. The molecular weight excluding hydrogens is 236 g/mol. The number of aromatic nitrogens is 1. The van der Waals surface area contributed by atoms with Gasteiger partial charge in [-0.15, -0.1) is 0 Å². The third-order valence-corrected chi connectivity index (χ3v) is 2.31. The van der Waals surface area contributed by atoms with Gasteiger partial charge in [-0.1, -0.05) is 35.3 Å². The maximum atomic E-state index is 13.0. The number of nitrogens with zero attached hydrogens (tertiary/aromatic N) is 1. The molecule has 2 rings (SSSR count). The molecule has 4 heteroatoms. The van der Waals surface area contributed by atoms with E-state index in [1.54, 1.807) is 24.3 Å². The molecular formula is C11H6Cl2FN. The second-order valence-electron chi connectivity index (χ2n) is 3.01. The quantitative estimate of drug-likeness (QED) is 0.683. The Bertz CT molecular complexity index is 479. The summed E-state index contributed by atoms with van der Waals surface area (Å²) in [6.07, 6.45) is 0. The highest BCUT2D eigenvalue weighted by atomic mass is 35.5. The SMILES string of the molecule is Fc1cccc(-c2cc(Cl)nc(Cl)c2)c1. The summed E-state index contributed by atoms with van der Waals surface area (Å²) in [7, 11) is 0. The number of pyridine rings is 1. The number of hydrogen-bond acceptors (Lipinski definition) is 1. The molecule has 0 atom stereocenters. The zero-order valence-corrected chi connectivity index (χ0v) is 9.06. The van der Waals surface area contributed by atoms with Gasteiger partial charge in [0.2, 0.25) is 0 Å². The van der Waals surface area contributed by atoms with Crippen LogP contribution in [-0.4, -0.2) is 4.98 Å². The Labute approximate surface area is 96.5 Å². The molecule has 1 heterocycles. The van der Waals surface area contributed by atoms with Crippen molar-refractivity contribution >= 4 is 23.2 Å². The van der Waals surface area contributed by atoms with Crippen LogP contribution in [0.4, 0.5) is 4.39 Å². The minimum atomic E-state index is -0.295. The molecule has 1 nitrogen and oxygen atoms in total. The zero-order valence-electron chi connectivity index (χ0n) is 7.55. The molecule has 0 saturated heterocycles. The van der Waals surface area contributed by atoms with Crippen LogP contribution in [0.2, 0.25) is 10.3 Å². The van der Waals surface area contributed by atoms with Crippen LogP contribution in [0.3, 0.4) is 0 Å². The van der Waals surface area contributed by atoms with E-state index in [-0.39, 0.29) is 5.82 Å². The Morgan fingerprint density at radius 3 is 2.20 bits per heavy atom. The summed E-state index contributed by atoms with van der Waals surface area (Å²) in [6.45, 7) is 0. The second kappa shape index (κ2) is 4.17. The molecule has 0 saturated carbocycles. The van der Waals surface area contributed by atoms with Gasteiger partial charge >= 0.3 is 0 Å². The Kier molecular flexibility index (Phi) is 2.89. The molecule has 0 spiro atoms. The van der Waals surface area contributed by atoms with Gasteiger partial charge in [-0.25, -0.2) is 9.37 Å². The third kappa shape index (κ3) is 2.46. The summed E-state index contributed by atoms with van der Waals surface area (Å²) < 4.78 is 13.0. The summed E-state index contributed by atoms with van der Waals surface area (Å²) in [5.41, 5.74) is 1.47. The summed E-state index contributed by atoms with van der Waals surface area (Å²) in [4.78, 5) is 3.82. The van der Waals surface area contributed by atoms with Crippen molar-refractivity contribution < 1.29 is 4.39 Å². The molecule has 1 aromatic heterocycles. The van der Waals surface area contributed by atoms with Crippen molar-refractivity contribution in [1.82, 2.24) is 4.98 Å². The lowest BCUT2D eigenvalue weighted by molar-refractivity contribution is 0.628. The van der Waals surface area contributed by atoms with Gasteiger partial charge in [0.1, 0.15) is 16.1 Å². The van der Waals surface area contributed by atoms with Gasteiger partial charge in [0, 0.05) is 0 Å². The monoisotopic (exact) mass is 241 g/mol. The highest BCUT2D eigenvalue weighted by molar-refractivity contribution is 6.32. The van der Waals surface area contributed by atoms with Crippen molar-refractivity contribution in [3.05, 3.63) is 52.5 Å². The molecule has 1 aromatic carbocycles. The smallest absolute Gasteiger partial charge is 0.131 e. The van der Waals surface area contributed by atoms with Crippen LogP contribution >= 0.6 is 23.2 Å². The molecule has 2 aromatic rings. The van der Waals surface area contributed by atoms with Crippen LogP contribution in [-0.2, 0) is 0 Å². The lowest BCUT2D eigenvalue weighted by Gasteiger charge is -2.02. The number of rotatable bonds is 1. The van der Waals surface area contributed by atoms with E-state index < -0.39 is 0 Å². The van der Waals surface area contributed by atoms with Crippen LogP contribution in [0.25, 0.3) is 11.1 Å². The summed E-state index contributed by atoms with van der Waals surface area (Å²) >= 11 is 11.5. The maximum Gasteiger partial charge on any atom is 0.131 e. The molecule has 0 bridgehead atoms. The lowest BCUT2D eigenvalue weighted by Crippen LogP contribution is -1.83. The minimum absolute atomic E-state index is 0.293. The van der Waals surface area contributed by atoms with Crippen molar-refractivity contribution in [3.8, 4) is 11.1 Å². The Morgan fingerprint density at radius 2 is 1.60 bits per heavy atom. The molecule has 0 unspecified atom stereocenters. The first-order chi connectivity index (χ1) is 7.15. The first-order valence-electron chi connectivity index (χ1n) is 4.24. The van der Waals surface area contributed by atoms with Gasteiger partial charge < -0.3 is 0 Å². The highest BCUT2D eigenvalue weighted by Crippen LogP contribution is 2.25. The molecule has 0 fully saturated rings. The lowest BCUT2D eigenvalue weighted by atomic mass is 10.1. The zero-order chi connectivity index (χ0) is 10.8. The molecule has 0 radical (unpaired) electrons. The molecule has 0 N–H and O–H groups in total. The fourth-order valence-corrected chi connectivity index (χ4v) is 1.76. The Morgan fingerprint density at radius 1 is 0.933 bits per heavy atom. The van der Waals surface area contributed by atoms with E-state index in [0.29, 0.717) is 10.3 Å². The fourth-order valence-electron chi connectivity index (χ4n) is 1.30. The molecule has 0 aliphatic rings. The molecule has 0 aliphatic heterocycles. The van der Waals surface area contributed by atoms with Crippen LogP contribution in [0, 0.1) is 5.82 Å². The Hall–Kier alpha value is -1.12. The second-order valence-corrected chi connectivity index (χ2v) is 3.79. The molecule has 76 valence electrons. The number of halogens is 3. The first kappa shape index (κ1) is 10.4. The number of benzene rings is 1. The molecule has 15 heavy (non-hydrogen) atoms. The van der Waals surface area contributed by atoms with Crippen LogP contribution in [0.15, 0.2) is 36.4 Å². The van der Waals surface area contributed by atoms with Gasteiger partial charge in [-0.2, -0.15) is 0 Å². The predicted octanol–water partition coefficient (Wildman–Crippen LogP) is 4.19. The van der Waals surface area contributed by atoms with Crippen LogP contribution < -0.4 is 0 Å². The first-order valence-corrected chi connectivity index (χ1v) is 5.00. The van der Waals surface area contributed by atoms with E-state index in [9.17, 15) is 4.39 Å². The predicted molar refractivity (Wildman–Crippen MR) is 59.7 cm³/mol. The van der Waals surface area contributed by atoms with Crippen molar-refractivity contribution in [3.63, 3.8) is 0 Å². The van der Waals surface area contributed by atoms with E-state index in [1.165, 1.54) is 12.1 Å². The van der Waals surface area contributed by atoms with E-state index in [2.05, 4.69) is 4.98 Å². The van der Waals surface area contributed by atoms with Crippen molar-refractivity contribution in [2.75, 3.05) is 0 Å². The van der Waals surface area contributed by atoms with Gasteiger partial charge in [0.15, 0.2) is 0 Å². The van der Waals surface area contributed by atoms with E-state index in [4.69, 9.17) is 23.2 Å². The van der Waals surface area contributed by atoms with Crippen molar-refractivity contribution in [1.29, 1.82) is 0 Å². The number of hydrogen-bond donors (Lipinski definition) is 0. The fraction of sp³-hybridized carbons (Fsp3) is 0. The standard InChI is InChI=1S/C11H6Cl2FN/c12-10-5-8(6-11(13)15-10)7-2-1-3-9(14)4-7/h1-6H. The van der Waals surface area contributed by atoms with Crippen molar-refractivity contribution in [2.45, 2.75) is 0 Å². The van der Waals surface area contributed by atoms with E-state index >= 15 is 0 Å². The topological polar surface area (TPSA) is 12.9 Å². The summed E-state index contributed by atoms with van der Waals surface area (Å²) in [6, 6.07) is 9.50.